The molecule has 2 N–H and O–H groups in total. The first-order chi connectivity index (χ1) is 15.0. The van der Waals surface area contributed by atoms with E-state index in [-0.39, 0.29) is 5.91 Å². The number of aliphatic hydroxyl groups excluding tert-OH is 1. The molecule has 0 saturated carbocycles. The van der Waals surface area contributed by atoms with E-state index in [2.05, 4.69) is 17.1 Å². The van der Waals surface area contributed by atoms with E-state index in [9.17, 15) is 9.90 Å². The van der Waals surface area contributed by atoms with Crippen molar-refractivity contribution in [2.75, 3.05) is 41.0 Å². The van der Waals surface area contributed by atoms with Crippen LogP contribution in [0.5, 0.6) is 17.2 Å². The van der Waals surface area contributed by atoms with Gasteiger partial charge in [-0.2, -0.15) is 0 Å². The topological polar surface area (TPSA) is 80.3 Å². The number of benzene rings is 1. The number of unbranched alkanes of at least 4 members (excludes halogenated alkanes) is 4. The number of likely N-dealkylation sites (tertiary alicyclic amines) is 1. The van der Waals surface area contributed by atoms with Crippen molar-refractivity contribution in [2.24, 2.45) is 0 Å². The van der Waals surface area contributed by atoms with Crippen LogP contribution >= 0.6 is 0 Å². The van der Waals surface area contributed by atoms with Gasteiger partial charge in [0.05, 0.1) is 27.4 Å². The lowest BCUT2D eigenvalue weighted by atomic mass is 10.00. The molecule has 2 rings (SSSR count). The van der Waals surface area contributed by atoms with Crippen molar-refractivity contribution in [3.05, 3.63) is 17.7 Å². The van der Waals surface area contributed by atoms with Crippen molar-refractivity contribution in [2.45, 2.75) is 70.4 Å². The third-order valence-corrected chi connectivity index (χ3v) is 5.92. The molecule has 1 amide bonds. The normalized spacial score (nSPS) is 16.0. The first kappa shape index (κ1) is 25.3. The Labute approximate surface area is 187 Å². The number of nitrogens with one attached hydrogen (secondary N) is 1. The van der Waals surface area contributed by atoms with Crippen molar-refractivity contribution < 1.29 is 24.1 Å². The van der Waals surface area contributed by atoms with Gasteiger partial charge in [0.2, 0.25) is 11.7 Å². The maximum atomic E-state index is 12.6. The predicted molar refractivity (Wildman–Crippen MR) is 122 cm³/mol. The first-order valence-corrected chi connectivity index (χ1v) is 11.5. The summed E-state index contributed by atoms with van der Waals surface area (Å²) in [6.07, 6.45) is 7.40. The number of methoxy groups -OCH3 is 3. The number of carbonyl (C=O) groups excluding carboxylic acids is 1. The maximum absolute atomic E-state index is 12.6. The van der Waals surface area contributed by atoms with E-state index in [1.165, 1.54) is 12.8 Å². The van der Waals surface area contributed by atoms with Gasteiger partial charge in [-0.1, -0.05) is 32.6 Å². The first-order valence-electron chi connectivity index (χ1n) is 11.5. The molecular formula is C24H40N2O5. The van der Waals surface area contributed by atoms with Gasteiger partial charge in [0.1, 0.15) is 6.10 Å². The molecule has 1 aliphatic rings. The Morgan fingerprint density at radius 2 is 1.65 bits per heavy atom. The Morgan fingerprint density at radius 1 is 1.03 bits per heavy atom. The SMILES string of the molecule is CCCCCCCC(=O)N[C@H](CN1CCCC1)[C@H](O)c1cc(OC)c(OC)c(OC)c1. The van der Waals surface area contributed by atoms with E-state index in [1.807, 2.05) is 0 Å². The quantitative estimate of drug-likeness (QED) is 0.433. The molecular weight excluding hydrogens is 396 g/mol. The molecule has 1 aromatic carbocycles. The van der Waals surface area contributed by atoms with E-state index in [0.29, 0.717) is 35.8 Å². The van der Waals surface area contributed by atoms with E-state index in [1.54, 1.807) is 33.5 Å². The fourth-order valence-electron chi connectivity index (χ4n) is 4.14. The van der Waals surface area contributed by atoms with Gasteiger partial charge in [0, 0.05) is 13.0 Å². The van der Waals surface area contributed by atoms with Crippen molar-refractivity contribution in [3.63, 3.8) is 0 Å². The number of hydrogen-bond acceptors (Lipinski definition) is 6. The van der Waals surface area contributed by atoms with Gasteiger partial charge in [0.25, 0.3) is 0 Å². The molecule has 0 aromatic heterocycles. The molecule has 7 nitrogen and oxygen atoms in total. The third kappa shape index (κ3) is 7.58. The summed E-state index contributed by atoms with van der Waals surface area (Å²) in [6.45, 7) is 4.77. The van der Waals surface area contributed by atoms with E-state index in [0.717, 1.165) is 45.2 Å². The minimum absolute atomic E-state index is 0.00723. The largest absolute Gasteiger partial charge is 0.493 e. The highest BCUT2D eigenvalue weighted by atomic mass is 16.5. The van der Waals surface area contributed by atoms with Crippen LogP contribution in [0.3, 0.4) is 0 Å². The average molecular weight is 437 g/mol. The van der Waals surface area contributed by atoms with Crippen LogP contribution in [-0.4, -0.2) is 62.9 Å². The lowest BCUT2D eigenvalue weighted by Crippen LogP contribution is -2.46. The van der Waals surface area contributed by atoms with Crippen LogP contribution < -0.4 is 19.5 Å². The molecule has 0 aliphatic carbocycles. The molecule has 1 heterocycles. The molecule has 176 valence electrons. The summed E-state index contributed by atoms with van der Waals surface area (Å²) in [5.74, 6) is 1.44. The highest BCUT2D eigenvalue weighted by molar-refractivity contribution is 5.76. The second kappa shape index (κ2) is 13.4. The molecule has 1 fully saturated rings. The Balaban J connectivity index is 2.13. The summed E-state index contributed by atoms with van der Waals surface area (Å²) in [4.78, 5) is 14.9. The van der Waals surface area contributed by atoms with Crippen LogP contribution in [0.4, 0.5) is 0 Å². The summed E-state index contributed by atoms with van der Waals surface area (Å²) in [5.41, 5.74) is 0.627. The molecule has 1 aliphatic heterocycles. The summed E-state index contributed by atoms with van der Waals surface area (Å²) in [7, 11) is 4.65. The molecule has 31 heavy (non-hydrogen) atoms. The Morgan fingerprint density at radius 3 is 2.19 bits per heavy atom. The third-order valence-electron chi connectivity index (χ3n) is 5.92. The highest BCUT2D eigenvalue weighted by Crippen LogP contribution is 2.40. The minimum atomic E-state index is -0.890. The van der Waals surface area contributed by atoms with Gasteiger partial charge < -0.3 is 29.5 Å². The van der Waals surface area contributed by atoms with Gasteiger partial charge >= 0.3 is 0 Å². The summed E-state index contributed by atoms with van der Waals surface area (Å²) in [5, 5.41) is 14.3. The fourth-order valence-corrected chi connectivity index (χ4v) is 4.14. The lowest BCUT2D eigenvalue weighted by molar-refractivity contribution is -0.123. The Hall–Kier alpha value is -1.99. The second-order valence-corrected chi connectivity index (χ2v) is 8.25. The van der Waals surface area contributed by atoms with Crippen LogP contribution in [0.15, 0.2) is 12.1 Å². The van der Waals surface area contributed by atoms with Crippen LogP contribution in [0.2, 0.25) is 0 Å². The Kier molecular flexibility index (Phi) is 10.9. The maximum Gasteiger partial charge on any atom is 0.220 e. The van der Waals surface area contributed by atoms with Crippen LogP contribution in [-0.2, 0) is 4.79 Å². The van der Waals surface area contributed by atoms with Crippen molar-refractivity contribution in [1.29, 1.82) is 0 Å². The van der Waals surface area contributed by atoms with Crippen LogP contribution in [0, 0.1) is 0 Å². The van der Waals surface area contributed by atoms with Gasteiger partial charge in [-0.15, -0.1) is 0 Å². The molecule has 2 atom stereocenters. The van der Waals surface area contributed by atoms with Gasteiger partial charge in [0.15, 0.2) is 11.5 Å². The smallest absolute Gasteiger partial charge is 0.220 e. The monoisotopic (exact) mass is 436 g/mol. The summed E-state index contributed by atoms with van der Waals surface area (Å²) >= 11 is 0. The number of ether oxygens (including phenoxy) is 3. The van der Waals surface area contributed by atoms with Crippen LogP contribution in [0.1, 0.15) is 70.0 Å². The van der Waals surface area contributed by atoms with E-state index >= 15 is 0 Å². The van der Waals surface area contributed by atoms with Crippen LogP contribution in [0.25, 0.3) is 0 Å². The molecule has 0 bridgehead atoms. The average Bonchev–Trinajstić information content (AvgIpc) is 3.30. The number of hydrogen-bond donors (Lipinski definition) is 2. The lowest BCUT2D eigenvalue weighted by Gasteiger charge is -2.29. The predicted octanol–water partition coefficient (Wildman–Crippen LogP) is 3.69. The van der Waals surface area contributed by atoms with Gasteiger partial charge in [-0.25, -0.2) is 0 Å². The van der Waals surface area contributed by atoms with E-state index < -0.39 is 12.1 Å². The van der Waals surface area contributed by atoms with Gasteiger partial charge in [-0.05, 0) is 50.0 Å². The summed E-state index contributed by atoms with van der Waals surface area (Å²) in [6, 6.07) is 3.09. The van der Waals surface area contributed by atoms with Gasteiger partial charge in [-0.3, -0.25) is 4.79 Å². The second-order valence-electron chi connectivity index (χ2n) is 8.25. The zero-order chi connectivity index (χ0) is 22.6. The number of carbonyl (C=O) groups is 1. The zero-order valence-electron chi connectivity index (χ0n) is 19.6. The highest BCUT2D eigenvalue weighted by Gasteiger charge is 2.28. The number of rotatable bonds is 14. The number of aliphatic hydroxyl groups is 1. The number of amides is 1. The Bertz CT molecular complexity index is 651. The molecule has 0 unspecified atom stereocenters. The van der Waals surface area contributed by atoms with Crippen molar-refractivity contribution in [1.82, 2.24) is 10.2 Å². The fraction of sp³-hybridized carbons (Fsp3) is 0.708. The number of nitrogens with zero attached hydrogens (tertiary/aromatic N) is 1. The molecule has 0 radical (unpaired) electrons. The zero-order valence-corrected chi connectivity index (χ0v) is 19.6. The molecule has 7 heteroatoms. The molecule has 0 spiro atoms. The van der Waals surface area contributed by atoms with E-state index in [4.69, 9.17) is 14.2 Å². The minimum Gasteiger partial charge on any atom is -0.493 e. The van der Waals surface area contributed by atoms with Crippen molar-refractivity contribution >= 4 is 5.91 Å². The van der Waals surface area contributed by atoms with Crippen molar-refractivity contribution in [3.8, 4) is 17.2 Å². The summed E-state index contributed by atoms with van der Waals surface area (Å²) < 4.78 is 16.3. The molecule has 1 saturated heterocycles. The standard InChI is InChI=1S/C24H40N2O5/c1-5-6-7-8-9-12-22(27)25-19(17-26-13-10-11-14-26)23(28)18-15-20(29-2)24(31-4)21(16-18)30-3/h15-16,19,23,28H,5-14,17H2,1-4H3,(H,25,27)/t19-,23-/m1/s1. The molecule has 1 aromatic rings.